The van der Waals surface area contributed by atoms with Gasteiger partial charge in [0.1, 0.15) is 0 Å². The van der Waals surface area contributed by atoms with Gasteiger partial charge in [-0.05, 0) is 18.2 Å². The Labute approximate surface area is 209 Å². The molecule has 1 fully saturated rings. The fourth-order valence-electron chi connectivity index (χ4n) is 4.37. The number of hydrogen-bond acceptors (Lipinski definition) is 9. The minimum absolute atomic E-state index is 0.0244. The van der Waals surface area contributed by atoms with Crippen molar-refractivity contribution in [1.82, 2.24) is 20.1 Å². The van der Waals surface area contributed by atoms with Crippen molar-refractivity contribution in [3.05, 3.63) is 39.4 Å². The zero-order chi connectivity index (χ0) is 24.8. The predicted octanol–water partition coefficient (Wildman–Crippen LogP) is 1.78. The highest BCUT2D eigenvalue weighted by molar-refractivity contribution is 7.12. The lowest BCUT2D eigenvalue weighted by Crippen LogP contribution is -2.49. The molecule has 2 aliphatic rings. The lowest BCUT2D eigenvalue weighted by molar-refractivity contribution is -0.122. The van der Waals surface area contributed by atoms with Gasteiger partial charge in [0.15, 0.2) is 17.3 Å². The Morgan fingerprint density at radius 2 is 1.77 bits per heavy atom. The van der Waals surface area contributed by atoms with Gasteiger partial charge < -0.3 is 19.5 Å². The van der Waals surface area contributed by atoms with E-state index < -0.39 is 0 Å². The monoisotopic (exact) mass is 500 g/mol. The molecule has 188 valence electrons. The molecule has 1 aromatic heterocycles. The molecular formula is C25H32N4O5S. The standard InChI is InChI=1S/C25H32N4O5S/c1-32-20-7-4-17(24(33-2)25(20)34-3)15-28-10-12-29(13-11-28)16-22(31)26-9-8-23-27-19-6-5-18(30)14-21(19)35-23/h4-7H,8-16H2,1-3H3,(H,26,31). The van der Waals surface area contributed by atoms with Crippen LogP contribution in [-0.4, -0.2) is 87.1 Å². The van der Waals surface area contributed by atoms with Crippen molar-refractivity contribution in [3.8, 4) is 17.2 Å². The molecule has 1 aromatic carbocycles. The van der Waals surface area contributed by atoms with Crippen molar-refractivity contribution in [1.29, 1.82) is 0 Å². The van der Waals surface area contributed by atoms with E-state index in [0.29, 0.717) is 43.2 Å². The van der Waals surface area contributed by atoms with Gasteiger partial charge in [0.25, 0.3) is 0 Å². The number of fused-ring (bicyclic) bond motifs is 1. The van der Waals surface area contributed by atoms with Crippen LogP contribution >= 0.6 is 11.3 Å². The molecule has 1 N–H and O–H groups in total. The second-order valence-electron chi connectivity index (χ2n) is 8.54. The van der Waals surface area contributed by atoms with Crippen LogP contribution in [0, 0.1) is 0 Å². The van der Waals surface area contributed by atoms with E-state index >= 15 is 0 Å². The lowest BCUT2D eigenvalue weighted by atomic mass is 10.1. The van der Waals surface area contributed by atoms with Crippen molar-refractivity contribution >= 4 is 29.1 Å². The van der Waals surface area contributed by atoms with E-state index in [-0.39, 0.29) is 11.7 Å². The Hall–Kier alpha value is -2.95. The number of methoxy groups -OCH3 is 3. The van der Waals surface area contributed by atoms with Gasteiger partial charge in [-0.3, -0.25) is 19.4 Å². The van der Waals surface area contributed by atoms with Crippen LogP contribution in [0.4, 0.5) is 0 Å². The first-order valence-corrected chi connectivity index (χ1v) is 12.5. The molecular weight excluding hydrogens is 468 g/mol. The average Bonchev–Trinajstić information content (AvgIpc) is 3.26. The maximum atomic E-state index is 12.4. The van der Waals surface area contributed by atoms with Crippen molar-refractivity contribution in [2.75, 3.05) is 60.6 Å². The van der Waals surface area contributed by atoms with Crippen LogP contribution in [0.3, 0.4) is 0 Å². The number of carbonyl (C=O) groups excluding carboxylic acids is 2. The third-order valence-electron chi connectivity index (χ3n) is 6.21. The first kappa shape index (κ1) is 25.2. The van der Waals surface area contributed by atoms with Gasteiger partial charge in [-0.15, -0.1) is 11.3 Å². The van der Waals surface area contributed by atoms with Gasteiger partial charge in [-0.2, -0.15) is 0 Å². The summed E-state index contributed by atoms with van der Waals surface area (Å²) < 4.78 is 16.5. The number of carbonyl (C=O) groups is 2. The highest BCUT2D eigenvalue weighted by Crippen LogP contribution is 2.40. The molecule has 4 rings (SSSR count). The predicted molar refractivity (Wildman–Crippen MR) is 134 cm³/mol. The van der Waals surface area contributed by atoms with Gasteiger partial charge >= 0.3 is 0 Å². The first-order chi connectivity index (χ1) is 17.0. The van der Waals surface area contributed by atoms with Gasteiger partial charge in [0.2, 0.25) is 11.7 Å². The Kier molecular flexibility index (Phi) is 8.37. The molecule has 1 aliphatic heterocycles. The van der Waals surface area contributed by atoms with Crippen LogP contribution in [0.5, 0.6) is 17.2 Å². The molecule has 1 saturated heterocycles. The Bertz CT molecular complexity index is 1090. The molecule has 0 atom stereocenters. The average molecular weight is 501 g/mol. The number of benzene rings is 1. The summed E-state index contributed by atoms with van der Waals surface area (Å²) in [5, 5.41) is 3.96. The van der Waals surface area contributed by atoms with E-state index in [9.17, 15) is 9.59 Å². The smallest absolute Gasteiger partial charge is 0.234 e. The van der Waals surface area contributed by atoms with Gasteiger partial charge in [-0.25, -0.2) is 4.98 Å². The van der Waals surface area contributed by atoms with Crippen LogP contribution < -0.4 is 19.5 Å². The van der Waals surface area contributed by atoms with Gasteiger partial charge in [0.05, 0.1) is 38.6 Å². The highest BCUT2D eigenvalue weighted by atomic mass is 32.1. The zero-order valence-corrected chi connectivity index (χ0v) is 21.3. The molecule has 0 saturated carbocycles. The van der Waals surface area contributed by atoms with Crippen LogP contribution in [-0.2, 0) is 29.0 Å². The SMILES string of the molecule is COc1ccc(CN2CCN(CC(=O)NCCc3nc4c(s3)CC(=O)C=C4)CC2)c(OC)c1OC. The van der Waals surface area contributed by atoms with Crippen molar-refractivity contribution < 1.29 is 23.8 Å². The number of ether oxygens (including phenoxy) is 3. The summed E-state index contributed by atoms with van der Waals surface area (Å²) in [5.74, 6) is 2.08. The van der Waals surface area contributed by atoms with Crippen LogP contribution in [0.1, 0.15) is 21.1 Å². The summed E-state index contributed by atoms with van der Waals surface area (Å²) in [6, 6.07) is 3.90. The maximum Gasteiger partial charge on any atom is 0.234 e. The van der Waals surface area contributed by atoms with E-state index in [1.54, 1.807) is 44.8 Å². The minimum Gasteiger partial charge on any atom is -0.493 e. The number of thiazole rings is 1. The Morgan fingerprint density at radius 3 is 2.49 bits per heavy atom. The quantitative estimate of drug-likeness (QED) is 0.528. The third kappa shape index (κ3) is 6.19. The number of piperazine rings is 1. The van der Waals surface area contributed by atoms with E-state index in [1.165, 1.54) is 0 Å². The van der Waals surface area contributed by atoms with Crippen molar-refractivity contribution in [2.24, 2.45) is 0 Å². The molecule has 0 unspecified atom stereocenters. The first-order valence-electron chi connectivity index (χ1n) is 11.7. The second kappa shape index (κ2) is 11.7. The third-order valence-corrected chi connectivity index (χ3v) is 7.34. The fourth-order valence-corrected chi connectivity index (χ4v) is 5.43. The number of rotatable bonds is 10. The molecule has 0 bridgehead atoms. The van der Waals surface area contributed by atoms with Crippen molar-refractivity contribution in [3.63, 3.8) is 0 Å². The highest BCUT2D eigenvalue weighted by Gasteiger charge is 2.22. The fraction of sp³-hybridized carbons (Fsp3) is 0.480. The normalized spacial score (nSPS) is 16.1. The molecule has 0 spiro atoms. The number of nitrogens with zero attached hydrogens (tertiary/aromatic N) is 3. The Balaban J connectivity index is 1.20. The summed E-state index contributed by atoms with van der Waals surface area (Å²) >= 11 is 1.56. The topological polar surface area (TPSA) is 93.2 Å². The van der Waals surface area contributed by atoms with E-state index in [4.69, 9.17) is 14.2 Å². The lowest BCUT2D eigenvalue weighted by Gasteiger charge is -2.34. The molecule has 0 radical (unpaired) electrons. The summed E-state index contributed by atoms with van der Waals surface area (Å²) in [7, 11) is 4.86. The molecule has 10 heteroatoms. The summed E-state index contributed by atoms with van der Waals surface area (Å²) in [6.07, 6.45) is 4.46. The molecule has 9 nitrogen and oxygen atoms in total. The maximum absolute atomic E-state index is 12.4. The number of aromatic nitrogens is 1. The van der Waals surface area contributed by atoms with E-state index in [2.05, 4.69) is 20.1 Å². The van der Waals surface area contributed by atoms with Crippen molar-refractivity contribution in [2.45, 2.75) is 19.4 Å². The largest absolute Gasteiger partial charge is 0.493 e. The second-order valence-corrected chi connectivity index (χ2v) is 9.71. The molecule has 1 amide bonds. The number of amides is 1. The van der Waals surface area contributed by atoms with Crippen LogP contribution in [0.2, 0.25) is 0 Å². The minimum atomic E-state index is 0.0244. The molecule has 35 heavy (non-hydrogen) atoms. The molecule has 1 aliphatic carbocycles. The number of ketones is 1. The van der Waals surface area contributed by atoms with E-state index in [1.807, 2.05) is 12.1 Å². The molecule has 2 aromatic rings. The van der Waals surface area contributed by atoms with Gasteiger partial charge in [-0.1, -0.05) is 6.07 Å². The zero-order valence-electron chi connectivity index (χ0n) is 20.5. The Morgan fingerprint density at radius 1 is 1.03 bits per heavy atom. The number of nitrogens with one attached hydrogen (secondary N) is 1. The van der Waals surface area contributed by atoms with Gasteiger partial charge in [0, 0.05) is 62.6 Å². The summed E-state index contributed by atoms with van der Waals surface area (Å²) in [5.41, 5.74) is 1.93. The summed E-state index contributed by atoms with van der Waals surface area (Å²) in [4.78, 5) is 34.1. The van der Waals surface area contributed by atoms with E-state index in [0.717, 1.165) is 53.9 Å². The number of allylic oxidation sites excluding steroid dienone is 1. The van der Waals surface area contributed by atoms with Crippen LogP contribution in [0.15, 0.2) is 18.2 Å². The molecule has 2 heterocycles. The summed E-state index contributed by atoms with van der Waals surface area (Å²) in [6.45, 7) is 5.04. The number of hydrogen-bond donors (Lipinski definition) is 1. The van der Waals surface area contributed by atoms with Crippen LogP contribution in [0.25, 0.3) is 6.08 Å².